The molecule has 0 saturated carbocycles. The first kappa shape index (κ1) is 20.1. The predicted molar refractivity (Wildman–Crippen MR) is 101 cm³/mol. The van der Waals surface area contributed by atoms with Crippen LogP contribution in [-0.4, -0.2) is 26.7 Å². The SMILES string of the molecule is CC(C)C[C@](C)(N)COc1ccc(-c2ccnc3ccnn23)cc1C(F)(F)F. The number of halogens is 3. The number of aromatic nitrogens is 3. The smallest absolute Gasteiger partial charge is 0.419 e. The zero-order chi connectivity index (χ0) is 20.5. The molecule has 0 fully saturated rings. The summed E-state index contributed by atoms with van der Waals surface area (Å²) in [6.45, 7) is 5.78. The molecule has 0 amide bonds. The Balaban J connectivity index is 1.96. The standard InChI is InChI=1S/C20H23F3N4O/c1-13(2)11-19(3,24)12-28-17-5-4-14(10-15(17)20(21,22)23)16-6-8-25-18-7-9-26-27(16)18/h4-10,13H,11-12,24H2,1-3H3/t19-/m0/s1. The molecule has 1 atom stereocenters. The van der Waals surface area contributed by atoms with Crippen molar-refractivity contribution in [3.63, 3.8) is 0 Å². The van der Waals surface area contributed by atoms with Crippen LogP contribution in [0.2, 0.25) is 0 Å². The van der Waals surface area contributed by atoms with Gasteiger partial charge in [-0.1, -0.05) is 13.8 Å². The van der Waals surface area contributed by atoms with Crippen molar-refractivity contribution < 1.29 is 17.9 Å². The van der Waals surface area contributed by atoms with E-state index in [1.807, 2.05) is 13.8 Å². The summed E-state index contributed by atoms with van der Waals surface area (Å²) in [4.78, 5) is 4.14. The summed E-state index contributed by atoms with van der Waals surface area (Å²) >= 11 is 0. The van der Waals surface area contributed by atoms with E-state index in [1.54, 1.807) is 31.3 Å². The lowest BCUT2D eigenvalue weighted by atomic mass is 9.93. The Hall–Kier alpha value is -2.61. The molecule has 0 spiro atoms. The third-order valence-electron chi connectivity index (χ3n) is 4.30. The van der Waals surface area contributed by atoms with Gasteiger partial charge < -0.3 is 10.5 Å². The number of hydrogen-bond acceptors (Lipinski definition) is 4. The van der Waals surface area contributed by atoms with Gasteiger partial charge >= 0.3 is 6.18 Å². The van der Waals surface area contributed by atoms with Gasteiger partial charge in [0.15, 0.2) is 5.65 Å². The van der Waals surface area contributed by atoms with Crippen molar-refractivity contribution in [3.8, 4) is 17.0 Å². The molecule has 0 aliphatic rings. The van der Waals surface area contributed by atoms with Crippen molar-refractivity contribution in [2.24, 2.45) is 11.7 Å². The summed E-state index contributed by atoms with van der Waals surface area (Å²) in [6, 6.07) is 7.29. The maximum Gasteiger partial charge on any atom is 0.419 e. The summed E-state index contributed by atoms with van der Waals surface area (Å²) in [7, 11) is 0. The van der Waals surface area contributed by atoms with E-state index in [0.717, 1.165) is 6.07 Å². The van der Waals surface area contributed by atoms with Gasteiger partial charge in [0.1, 0.15) is 12.4 Å². The highest BCUT2D eigenvalue weighted by atomic mass is 19.4. The Labute approximate surface area is 161 Å². The van der Waals surface area contributed by atoms with Gasteiger partial charge in [0, 0.05) is 23.4 Å². The van der Waals surface area contributed by atoms with Crippen LogP contribution in [0.25, 0.3) is 16.9 Å². The van der Waals surface area contributed by atoms with Crippen LogP contribution in [0.5, 0.6) is 5.75 Å². The zero-order valence-corrected chi connectivity index (χ0v) is 16.0. The Morgan fingerprint density at radius 3 is 2.57 bits per heavy atom. The van der Waals surface area contributed by atoms with Crippen LogP contribution >= 0.6 is 0 Å². The van der Waals surface area contributed by atoms with E-state index in [1.165, 1.54) is 16.8 Å². The van der Waals surface area contributed by atoms with E-state index < -0.39 is 17.3 Å². The summed E-state index contributed by atoms with van der Waals surface area (Å²) in [5, 5.41) is 4.13. The first-order valence-electron chi connectivity index (χ1n) is 8.99. The molecule has 0 radical (unpaired) electrons. The Morgan fingerprint density at radius 1 is 1.14 bits per heavy atom. The molecular weight excluding hydrogens is 369 g/mol. The molecule has 3 aromatic rings. The van der Waals surface area contributed by atoms with Gasteiger partial charge in [-0.25, -0.2) is 9.50 Å². The fourth-order valence-electron chi connectivity index (χ4n) is 3.32. The molecule has 3 rings (SSSR count). The molecule has 0 saturated heterocycles. The minimum Gasteiger partial charge on any atom is -0.491 e. The zero-order valence-electron chi connectivity index (χ0n) is 16.0. The molecule has 28 heavy (non-hydrogen) atoms. The van der Waals surface area contributed by atoms with Crippen molar-refractivity contribution in [3.05, 3.63) is 48.3 Å². The fraction of sp³-hybridized carbons (Fsp3) is 0.400. The maximum atomic E-state index is 13.7. The molecule has 0 bridgehead atoms. The number of hydrogen-bond donors (Lipinski definition) is 1. The van der Waals surface area contributed by atoms with E-state index in [2.05, 4.69) is 10.1 Å². The molecule has 150 valence electrons. The molecule has 0 unspecified atom stereocenters. The van der Waals surface area contributed by atoms with Gasteiger partial charge in [0.2, 0.25) is 0 Å². The van der Waals surface area contributed by atoms with Crippen molar-refractivity contribution in [2.45, 2.75) is 38.9 Å². The molecule has 8 heteroatoms. The minimum absolute atomic E-state index is 0.00767. The summed E-state index contributed by atoms with van der Waals surface area (Å²) in [5.74, 6) is 0.0775. The van der Waals surface area contributed by atoms with Crippen LogP contribution in [0.15, 0.2) is 42.7 Å². The summed E-state index contributed by atoms with van der Waals surface area (Å²) in [6.07, 6.45) is -0.841. The minimum atomic E-state index is -4.56. The van der Waals surface area contributed by atoms with Gasteiger partial charge in [-0.2, -0.15) is 18.3 Å². The lowest BCUT2D eigenvalue weighted by Gasteiger charge is -2.27. The molecule has 0 aliphatic heterocycles. The predicted octanol–water partition coefficient (Wildman–Crippen LogP) is 4.56. The molecular formula is C20H23F3N4O. The highest BCUT2D eigenvalue weighted by Gasteiger charge is 2.35. The highest BCUT2D eigenvalue weighted by molar-refractivity contribution is 5.65. The van der Waals surface area contributed by atoms with E-state index in [9.17, 15) is 13.2 Å². The molecule has 0 aliphatic carbocycles. The third-order valence-corrected chi connectivity index (χ3v) is 4.30. The summed E-state index contributed by atoms with van der Waals surface area (Å²) in [5.41, 5.74) is 6.04. The Kier molecular flexibility index (Phi) is 5.34. The molecule has 2 aromatic heterocycles. The average molecular weight is 392 g/mol. The van der Waals surface area contributed by atoms with Gasteiger partial charge in [-0.3, -0.25) is 0 Å². The molecule has 2 heterocycles. The van der Waals surface area contributed by atoms with Gasteiger partial charge in [-0.15, -0.1) is 0 Å². The lowest BCUT2D eigenvalue weighted by Crippen LogP contribution is -2.43. The largest absolute Gasteiger partial charge is 0.491 e. The van der Waals surface area contributed by atoms with E-state index in [-0.39, 0.29) is 12.4 Å². The first-order valence-corrected chi connectivity index (χ1v) is 8.99. The van der Waals surface area contributed by atoms with Crippen molar-refractivity contribution in [1.29, 1.82) is 0 Å². The molecule has 2 N–H and O–H groups in total. The number of alkyl halides is 3. The number of benzene rings is 1. The number of ether oxygens (including phenoxy) is 1. The van der Waals surface area contributed by atoms with Crippen LogP contribution in [0.3, 0.4) is 0 Å². The third kappa shape index (κ3) is 4.44. The van der Waals surface area contributed by atoms with Crippen LogP contribution in [0.4, 0.5) is 13.2 Å². The number of nitrogens with zero attached hydrogens (tertiary/aromatic N) is 3. The van der Waals surface area contributed by atoms with E-state index in [0.29, 0.717) is 29.2 Å². The van der Waals surface area contributed by atoms with E-state index >= 15 is 0 Å². The quantitative estimate of drug-likeness (QED) is 0.668. The maximum absolute atomic E-state index is 13.7. The van der Waals surface area contributed by atoms with Crippen molar-refractivity contribution in [2.75, 3.05) is 6.61 Å². The van der Waals surface area contributed by atoms with Crippen LogP contribution in [-0.2, 0) is 6.18 Å². The van der Waals surface area contributed by atoms with Crippen LogP contribution in [0, 0.1) is 5.92 Å². The van der Waals surface area contributed by atoms with Crippen LogP contribution < -0.4 is 10.5 Å². The van der Waals surface area contributed by atoms with Crippen LogP contribution in [0.1, 0.15) is 32.8 Å². The monoisotopic (exact) mass is 392 g/mol. The topological polar surface area (TPSA) is 65.4 Å². The number of rotatable bonds is 6. The highest BCUT2D eigenvalue weighted by Crippen LogP contribution is 2.39. The number of nitrogens with two attached hydrogens (primary N) is 1. The summed E-state index contributed by atoms with van der Waals surface area (Å²) < 4.78 is 48.1. The second-order valence-corrected chi connectivity index (χ2v) is 7.68. The number of fused-ring (bicyclic) bond motifs is 1. The second kappa shape index (κ2) is 7.43. The normalized spacial score (nSPS) is 14.4. The van der Waals surface area contributed by atoms with Gasteiger partial charge in [0.25, 0.3) is 0 Å². The Bertz CT molecular complexity index is 963. The Morgan fingerprint density at radius 2 is 1.89 bits per heavy atom. The molecule has 1 aromatic carbocycles. The fourth-order valence-corrected chi connectivity index (χ4v) is 3.32. The first-order chi connectivity index (χ1) is 13.1. The lowest BCUT2D eigenvalue weighted by molar-refractivity contribution is -0.139. The van der Waals surface area contributed by atoms with Gasteiger partial charge in [-0.05, 0) is 43.5 Å². The van der Waals surface area contributed by atoms with Gasteiger partial charge in [0.05, 0.1) is 17.5 Å². The average Bonchev–Trinajstić information content (AvgIpc) is 3.06. The van der Waals surface area contributed by atoms with Crippen molar-refractivity contribution >= 4 is 5.65 Å². The second-order valence-electron chi connectivity index (χ2n) is 7.68. The molecule has 5 nitrogen and oxygen atoms in total. The van der Waals surface area contributed by atoms with Crippen molar-refractivity contribution in [1.82, 2.24) is 14.6 Å². The van der Waals surface area contributed by atoms with E-state index in [4.69, 9.17) is 10.5 Å².